The SMILES string of the molecule is NCc1ccccc1C(=O)Nc1ccc(F)c(F)c1. The van der Waals surface area contributed by atoms with Crippen molar-refractivity contribution in [3.63, 3.8) is 0 Å². The number of amides is 1. The maximum absolute atomic E-state index is 13.0. The molecule has 0 atom stereocenters. The van der Waals surface area contributed by atoms with Gasteiger partial charge in [0.1, 0.15) is 0 Å². The lowest BCUT2D eigenvalue weighted by Crippen LogP contribution is -2.15. The van der Waals surface area contributed by atoms with Gasteiger partial charge in [-0.1, -0.05) is 18.2 Å². The zero-order chi connectivity index (χ0) is 13.8. The zero-order valence-corrected chi connectivity index (χ0v) is 9.99. The molecule has 0 fully saturated rings. The standard InChI is InChI=1S/C14H12F2N2O/c15-12-6-5-10(7-13(12)16)18-14(19)11-4-2-1-3-9(11)8-17/h1-7H,8,17H2,(H,18,19). The van der Waals surface area contributed by atoms with E-state index in [0.717, 1.165) is 12.1 Å². The number of carbonyl (C=O) groups excluding carboxylic acids is 1. The third-order valence-corrected chi connectivity index (χ3v) is 2.66. The predicted molar refractivity (Wildman–Crippen MR) is 68.6 cm³/mol. The molecule has 0 heterocycles. The molecule has 3 nitrogen and oxygen atoms in total. The first kappa shape index (κ1) is 13.2. The number of anilines is 1. The highest BCUT2D eigenvalue weighted by molar-refractivity contribution is 6.05. The highest BCUT2D eigenvalue weighted by atomic mass is 19.2. The second-order valence-corrected chi connectivity index (χ2v) is 3.94. The van der Waals surface area contributed by atoms with Crippen LogP contribution in [-0.2, 0) is 6.54 Å². The Morgan fingerprint density at radius 3 is 2.53 bits per heavy atom. The minimum absolute atomic E-state index is 0.190. The number of nitrogens with two attached hydrogens (primary N) is 1. The Morgan fingerprint density at radius 1 is 1.11 bits per heavy atom. The molecule has 0 saturated heterocycles. The molecule has 0 spiro atoms. The minimum atomic E-state index is -1.01. The molecule has 0 radical (unpaired) electrons. The number of carbonyl (C=O) groups is 1. The molecule has 0 aliphatic heterocycles. The summed E-state index contributed by atoms with van der Waals surface area (Å²) in [5.41, 5.74) is 6.82. The Labute approximate surface area is 109 Å². The van der Waals surface area contributed by atoms with E-state index in [1.165, 1.54) is 6.07 Å². The molecule has 0 aliphatic rings. The lowest BCUT2D eigenvalue weighted by atomic mass is 10.1. The molecule has 5 heteroatoms. The fourth-order valence-corrected chi connectivity index (χ4v) is 1.69. The summed E-state index contributed by atoms with van der Waals surface area (Å²) in [6.45, 7) is 0.224. The number of nitrogens with one attached hydrogen (secondary N) is 1. The predicted octanol–water partition coefficient (Wildman–Crippen LogP) is 2.68. The van der Waals surface area contributed by atoms with Gasteiger partial charge in [0.25, 0.3) is 5.91 Å². The van der Waals surface area contributed by atoms with Gasteiger partial charge < -0.3 is 11.1 Å². The van der Waals surface area contributed by atoms with Crippen molar-refractivity contribution < 1.29 is 13.6 Å². The summed E-state index contributed by atoms with van der Waals surface area (Å²) in [5, 5.41) is 2.50. The highest BCUT2D eigenvalue weighted by Gasteiger charge is 2.11. The van der Waals surface area contributed by atoms with E-state index in [2.05, 4.69) is 5.32 Å². The summed E-state index contributed by atoms with van der Waals surface area (Å²) < 4.78 is 25.8. The van der Waals surface area contributed by atoms with Crippen LogP contribution in [0.2, 0.25) is 0 Å². The van der Waals surface area contributed by atoms with Gasteiger partial charge in [0.15, 0.2) is 11.6 Å². The number of hydrogen-bond acceptors (Lipinski definition) is 2. The van der Waals surface area contributed by atoms with Crippen LogP contribution in [-0.4, -0.2) is 5.91 Å². The van der Waals surface area contributed by atoms with Crippen LogP contribution in [0.4, 0.5) is 14.5 Å². The molecule has 0 saturated carbocycles. The van der Waals surface area contributed by atoms with Crippen LogP contribution in [0, 0.1) is 11.6 Å². The first-order valence-corrected chi connectivity index (χ1v) is 5.66. The van der Waals surface area contributed by atoms with Crippen LogP contribution in [0.5, 0.6) is 0 Å². The van der Waals surface area contributed by atoms with Crippen molar-refractivity contribution in [3.8, 4) is 0 Å². The first-order valence-electron chi connectivity index (χ1n) is 5.66. The Bertz CT molecular complexity index is 614. The van der Waals surface area contributed by atoms with E-state index in [-0.39, 0.29) is 12.2 Å². The second-order valence-electron chi connectivity index (χ2n) is 3.94. The normalized spacial score (nSPS) is 10.3. The zero-order valence-electron chi connectivity index (χ0n) is 9.99. The van der Waals surface area contributed by atoms with Gasteiger partial charge >= 0.3 is 0 Å². The van der Waals surface area contributed by atoms with Crippen molar-refractivity contribution in [3.05, 3.63) is 65.2 Å². The van der Waals surface area contributed by atoms with E-state index in [1.807, 2.05) is 0 Å². The average molecular weight is 262 g/mol. The van der Waals surface area contributed by atoms with E-state index in [9.17, 15) is 13.6 Å². The number of rotatable bonds is 3. The first-order chi connectivity index (χ1) is 9.11. The lowest BCUT2D eigenvalue weighted by Gasteiger charge is -2.09. The van der Waals surface area contributed by atoms with Crippen molar-refractivity contribution in [1.29, 1.82) is 0 Å². The summed E-state index contributed by atoms with van der Waals surface area (Å²) in [7, 11) is 0. The Hall–Kier alpha value is -2.27. The molecular formula is C14H12F2N2O. The molecule has 0 bridgehead atoms. The number of benzene rings is 2. The summed E-state index contributed by atoms with van der Waals surface area (Å²) in [6.07, 6.45) is 0. The molecule has 3 N–H and O–H groups in total. The molecule has 19 heavy (non-hydrogen) atoms. The Morgan fingerprint density at radius 2 is 1.84 bits per heavy atom. The van der Waals surface area contributed by atoms with Gasteiger partial charge in [-0.05, 0) is 23.8 Å². The topological polar surface area (TPSA) is 55.1 Å². The van der Waals surface area contributed by atoms with E-state index in [0.29, 0.717) is 11.1 Å². The molecule has 98 valence electrons. The van der Waals surface area contributed by atoms with Gasteiger partial charge in [-0.3, -0.25) is 4.79 Å². The largest absolute Gasteiger partial charge is 0.326 e. The monoisotopic (exact) mass is 262 g/mol. The van der Waals surface area contributed by atoms with E-state index in [1.54, 1.807) is 24.3 Å². The minimum Gasteiger partial charge on any atom is -0.326 e. The molecule has 2 aromatic rings. The van der Waals surface area contributed by atoms with Crippen molar-refractivity contribution in [2.45, 2.75) is 6.54 Å². The van der Waals surface area contributed by atoms with Crippen LogP contribution in [0.1, 0.15) is 15.9 Å². The highest BCUT2D eigenvalue weighted by Crippen LogP contribution is 2.15. The number of halogens is 2. The van der Waals surface area contributed by atoms with Crippen molar-refractivity contribution in [1.82, 2.24) is 0 Å². The van der Waals surface area contributed by atoms with Gasteiger partial charge in [0.05, 0.1) is 0 Å². The third-order valence-electron chi connectivity index (χ3n) is 2.66. The summed E-state index contributed by atoms with van der Waals surface area (Å²) in [4.78, 5) is 12.0. The van der Waals surface area contributed by atoms with Gasteiger partial charge in [-0.2, -0.15) is 0 Å². The molecule has 0 aromatic heterocycles. The third kappa shape index (κ3) is 2.95. The maximum atomic E-state index is 13.0. The van der Waals surface area contributed by atoms with E-state index in [4.69, 9.17) is 5.73 Å². The lowest BCUT2D eigenvalue weighted by molar-refractivity contribution is 0.102. The van der Waals surface area contributed by atoms with Crippen molar-refractivity contribution >= 4 is 11.6 Å². The number of hydrogen-bond donors (Lipinski definition) is 2. The second kappa shape index (κ2) is 5.58. The molecule has 0 aliphatic carbocycles. The van der Waals surface area contributed by atoms with Crippen molar-refractivity contribution in [2.24, 2.45) is 5.73 Å². The van der Waals surface area contributed by atoms with Crippen LogP contribution in [0.3, 0.4) is 0 Å². The summed E-state index contributed by atoms with van der Waals surface area (Å²) in [5.74, 6) is -2.38. The summed E-state index contributed by atoms with van der Waals surface area (Å²) >= 11 is 0. The Kier molecular flexibility index (Phi) is 3.87. The van der Waals surface area contributed by atoms with Gasteiger partial charge in [-0.15, -0.1) is 0 Å². The Balaban J connectivity index is 2.23. The van der Waals surface area contributed by atoms with E-state index >= 15 is 0 Å². The summed E-state index contributed by atoms with van der Waals surface area (Å²) in [6, 6.07) is 10.0. The van der Waals surface area contributed by atoms with Gasteiger partial charge in [-0.25, -0.2) is 8.78 Å². The maximum Gasteiger partial charge on any atom is 0.255 e. The fraction of sp³-hybridized carbons (Fsp3) is 0.0714. The fourth-order valence-electron chi connectivity index (χ4n) is 1.69. The average Bonchev–Trinajstić information content (AvgIpc) is 2.43. The van der Waals surface area contributed by atoms with Crippen LogP contribution in [0.15, 0.2) is 42.5 Å². The van der Waals surface area contributed by atoms with Crippen LogP contribution >= 0.6 is 0 Å². The molecular weight excluding hydrogens is 250 g/mol. The van der Waals surface area contributed by atoms with Gasteiger partial charge in [0, 0.05) is 23.9 Å². The van der Waals surface area contributed by atoms with E-state index < -0.39 is 17.5 Å². The van der Waals surface area contributed by atoms with Crippen LogP contribution < -0.4 is 11.1 Å². The molecule has 2 rings (SSSR count). The smallest absolute Gasteiger partial charge is 0.255 e. The quantitative estimate of drug-likeness (QED) is 0.893. The molecule has 1 amide bonds. The molecule has 2 aromatic carbocycles. The van der Waals surface area contributed by atoms with Crippen LogP contribution in [0.25, 0.3) is 0 Å². The van der Waals surface area contributed by atoms with Gasteiger partial charge in [0.2, 0.25) is 0 Å². The molecule has 0 unspecified atom stereocenters. The van der Waals surface area contributed by atoms with Crippen molar-refractivity contribution in [2.75, 3.05) is 5.32 Å².